The molecule has 0 spiro atoms. The Morgan fingerprint density at radius 3 is 2.10 bits per heavy atom. The highest BCUT2D eigenvalue weighted by Gasteiger charge is 2.53. The van der Waals surface area contributed by atoms with Crippen molar-refractivity contribution in [2.24, 2.45) is 40.7 Å². The molecule has 1 aliphatic heterocycles. The fraction of sp³-hybridized carbons (Fsp3) is 1.00. The molecule has 5 fully saturated rings. The SMILES string of the molecule is CC(C)C1CCN(CC(N)C23CC4CC(CC(C4)C2)C3)C1. The van der Waals surface area contributed by atoms with Gasteiger partial charge in [0.25, 0.3) is 0 Å². The van der Waals surface area contributed by atoms with E-state index in [0.29, 0.717) is 11.5 Å². The van der Waals surface area contributed by atoms with Gasteiger partial charge in [0.2, 0.25) is 0 Å². The Balaban J connectivity index is 1.40. The molecule has 120 valence electrons. The van der Waals surface area contributed by atoms with Crippen molar-refractivity contribution < 1.29 is 0 Å². The predicted molar refractivity (Wildman–Crippen MR) is 88.0 cm³/mol. The predicted octanol–water partition coefficient (Wildman–Crippen LogP) is 3.51. The molecule has 1 saturated heterocycles. The van der Waals surface area contributed by atoms with E-state index < -0.39 is 0 Å². The van der Waals surface area contributed by atoms with Gasteiger partial charge in [-0.1, -0.05) is 13.8 Å². The van der Waals surface area contributed by atoms with E-state index >= 15 is 0 Å². The van der Waals surface area contributed by atoms with Crippen molar-refractivity contribution in [2.45, 2.75) is 64.8 Å². The second-order valence-corrected chi connectivity index (χ2v) is 9.44. The van der Waals surface area contributed by atoms with E-state index in [4.69, 9.17) is 5.73 Å². The molecule has 5 rings (SSSR count). The Morgan fingerprint density at radius 1 is 1.05 bits per heavy atom. The molecule has 2 atom stereocenters. The van der Waals surface area contributed by atoms with Crippen molar-refractivity contribution >= 4 is 0 Å². The fourth-order valence-corrected chi connectivity index (χ4v) is 6.68. The Bertz CT molecular complexity index is 354. The number of hydrogen-bond donors (Lipinski definition) is 1. The van der Waals surface area contributed by atoms with Gasteiger partial charge in [0, 0.05) is 19.1 Å². The normalized spacial score (nSPS) is 47.4. The van der Waals surface area contributed by atoms with Crippen LogP contribution in [0.25, 0.3) is 0 Å². The minimum absolute atomic E-state index is 0.441. The van der Waals surface area contributed by atoms with Crippen molar-refractivity contribution in [1.29, 1.82) is 0 Å². The van der Waals surface area contributed by atoms with Crippen LogP contribution in [0.1, 0.15) is 58.8 Å². The third-order valence-corrected chi connectivity index (χ3v) is 7.58. The van der Waals surface area contributed by atoms with Crippen LogP contribution in [-0.4, -0.2) is 30.6 Å². The summed E-state index contributed by atoms with van der Waals surface area (Å²) in [6.07, 6.45) is 10.4. The first-order valence-corrected chi connectivity index (χ1v) is 9.52. The highest BCUT2D eigenvalue weighted by molar-refractivity contribution is 5.06. The molecule has 2 unspecified atom stereocenters. The lowest BCUT2D eigenvalue weighted by molar-refractivity contribution is -0.0708. The van der Waals surface area contributed by atoms with E-state index in [0.717, 1.165) is 29.6 Å². The summed E-state index contributed by atoms with van der Waals surface area (Å²) in [7, 11) is 0. The molecule has 4 saturated carbocycles. The summed E-state index contributed by atoms with van der Waals surface area (Å²) >= 11 is 0. The maximum atomic E-state index is 6.83. The number of rotatable bonds is 4. The Morgan fingerprint density at radius 2 is 1.62 bits per heavy atom. The van der Waals surface area contributed by atoms with E-state index in [-0.39, 0.29) is 0 Å². The lowest BCUT2D eigenvalue weighted by Crippen LogP contribution is -2.57. The van der Waals surface area contributed by atoms with E-state index in [2.05, 4.69) is 18.7 Å². The van der Waals surface area contributed by atoms with Crippen LogP contribution in [0, 0.1) is 35.0 Å². The lowest BCUT2D eigenvalue weighted by atomic mass is 9.48. The summed E-state index contributed by atoms with van der Waals surface area (Å²) in [5.41, 5.74) is 7.36. The summed E-state index contributed by atoms with van der Waals surface area (Å²) in [6.45, 7) is 8.54. The van der Waals surface area contributed by atoms with Crippen LogP contribution in [0.4, 0.5) is 0 Å². The van der Waals surface area contributed by atoms with Gasteiger partial charge in [-0.15, -0.1) is 0 Å². The van der Waals surface area contributed by atoms with Crippen molar-refractivity contribution in [2.75, 3.05) is 19.6 Å². The van der Waals surface area contributed by atoms with Crippen molar-refractivity contribution in [3.05, 3.63) is 0 Å². The van der Waals surface area contributed by atoms with Gasteiger partial charge in [-0.05, 0) is 86.5 Å². The van der Waals surface area contributed by atoms with Crippen molar-refractivity contribution in [3.8, 4) is 0 Å². The smallest absolute Gasteiger partial charge is 0.0225 e. The van der Waals surface area contributed by atoms with E-state index in [9.17, 15) is 0 Å². The zero-order valence-corrected chi connectivity index (χ0v) is 14.1. The molecule has 21 heavy (non-hydrogen) atoms. The molecule has 0 aromatic carbocycles. The molecule has 2 N–H and O–H groups in total. The third kappa shape index (κ3) is 2.57. The zero-order chi connectivity index (χ0) is 14.6. The fourth-order valence-electron chi connectivity index (χ4n) is 6.68. The molecular formula is C19H34N2. The van der Waals surface area contributed by atoms with Gasteiger partial charge >= 0.3 is 0 Å². The van der Waals surface area contributed by atoms with Crippen molar-refractivity contribution in [1.82, 2.24) is 4.90 Å². The average molecular weight is 290 g/mol. The largest absolute Gasteiger partial charge is 0.326 e. The monoisotopic (exact) mass is 290 g/mol. The Hall–Kier alpha value is -0.0800. The molecule has 1 heterocycles. The molecule has 4 bridgehead atoms. The zero-order valence-electron chi connectivity index (χ0n) is 14.1. The van der Waals surface area contributed by atoms with Crippen LogP contribution in [0.3, 0.4) is 0 Å². The summed E-state index contributed by atoms with van der Waals surface area (Å²) in [5, 5.41) is 0. The van der Waals surface area contributed by atoms with Crippen LogP contribution in [-0.2, 0) is 0 Å². The van der Waals surface area contributed by atoms with Crippen LogP contribution >= 0.6 is 0 Å². The Labute approximate surface area is 130 Å². The summed E-state index contributed by atoms with van der Waals surface area (Å²) in [4.78, 5) is 2.69. The van der Waals surface area contributed by atoms with Gasteiger partial charge in [-0.3, -0.25) is 0 Å². The molecule has 0 aromatic rings. The highest BCUT2D eigenvalue weighted by Crippen LogP contribution is 2.61. The summed E-state index contributed by atoms with van der Waals surface area (Å²) < 4.78 is 0. The number of nitrogens with zero attached hydrogens (tertiary/aromatic N) is 1. The van der Waals surface area contributed by atoms with Gasteiger partial charge < -0.3 is 10.6 Å². The maximum Gasteiger partial charge on any atom is 0.0225 e. The van der Waals surface area contributed by atoms with Crippen LogP contribution < -0.4 is 5.73 Å². The molecule has 0 aromatic heterocycles. The van der Waals surface area contributed by atoms with Gasteiger partial charge in [0.05, 0.1) is 0 Å². The minimum atomic E-state index is 0.441. The first-order valence-electron chi connectivity index (χ1n) is 9.52. The third-order valence-electron chi connectivity index (χ3n) is 7.58. The second kappa shape index (κ2) is 5.23. The Kier molecular flexibility index (Phi) is 3.61. The van der Waals surface area contributed by atoms with Crippen molar-refractivity contribution in [3.63, 3.8) is 0 Å². The number of likely N-dealkylation sites (tertiary alicyclic amines) is 1. The topological polar surface area (TPSA) is 29.3 Å². The number of nitrogens with two attached hydrogens (primary N) is 1. The van der Waals surface area contributed by atoms with Gasteiger partial charge in [0.1, 0.15) is 0 Å². The molecule has 2 heteroatoms. The molecule has 4 aliphatic carbocycles. The molecule has 0 radical (unpaired) electrons. The van der Waals surface area contributed by atoms with Gasteiger partial charge in [-0.25, -0.2) is 0 Å². The second-order valence-electron chi connectivity index (χ2n) is 9.44. The van der Waals surface area contributed by atoms with E-state index in [1.54, 1.807) is 0 Å². The standard InChI is InChI=1S/C19H34N2/c1-13(2)17-3-4-21(11-17)12-18(20)19-8-14-5-15(9-19)7-16(6-14)10-19/h13-18H,3-12,20H2,1-2H3. The minimum Gasteiger partial charge on any atom is -0.326 e. The quantitative estimate of drug-likeness (QED) is 0.858. The summed E-state index contributed by atoms with van der Waals surface area (Å²) in [6, 6.07) is 0.441. The van der Waals surface area contributed by atoms with E-state index in [1.165, 1.54) is 64.6 Å². The van der Waals surface area contributed by atoms with Gasteiger partial charge in [-0.2, -0.15) is 0 Å². The maximum absolute atomic E-state index is 6.83. The highest BCUT2D eigenvalue weighted by atomic mass is 15.2. The first kappa shape index (κ1) is 14.5. The van der Waals surface area contributed by atoms with Crippen LogP contribution in [0.5, 0.6) is 0 Å². The van der Waals surface area contributed by atoms with Gasteiger partial charge in [0.15, 0.2) is 0 Å². The average Bonchev–Trinajstić information content (AvgIpc) is 2.85. The van der Waals surface area contributed by atoms with Crippen LogP contribution in [0.2, 0.25) is 0 Å². The van der Waals surface area contributed by atoms with E-state index in [1.807, 2.05) is 0 Å². The molecule has 5 aliphatic rings. The molecule has 0 amide bonds. The first-order chi connectivity index (χ1) is 10.0. The number of hydrogen-bond acceptors (Lipinski definition) is 2. The summed E-state index contributed by atoms with van der Waals surface area (Å²) in [5.74, 6) is 4.84. The molecule has 2 nitrogen and oxygen atoms in total. The van der Waals surface area contributed by atoms with Crippen LogP contribution in [0.15, 0.2) is 0 Å². The molecular weight excluding hydrogens is 256 g/mol. The lowest BCUT2D eigenvalue weighted by Gasteiger charge is -2.59.